The van der Waals surface area contributed by atoms with Crippen LogP contribution in [0.1, 0.15) is 84.1 Å². The number of carbonyl (C=O) groups excluding carboxylic acids is 3. The van der Waals surface area contributed by atoms with Gasteiger partial charge >= 0.3 is 0 Å². The van der Waals surface area contributed by atoms with Gasteiger partial charge in [-0.15, -0.1) is 0 Å². The summed E-state index contributed by atoms with van der Waals surface area (Å²) in [5, 5.41) is 6.34. The van der Waals surface area contributed by atoms with Gasteiger partial charge in [-0.05, 0) is 55.4 Å². The molecule has 1 aromatic heterocycles. The molecule has 0 spiro atoms. The average molecular weight is 458 g/mol. The number of rotatable bonds is 7. The number of nitrogens with one attached hydrogen (secondary N) is 3. The number of amides is 2. The second-order valence-corrected chi connectivity index (χ2v) is 9.90. The number of hydrogen-bond donors (Lipinski definition) is 3. The molecule has 0 aliphatic heterocycles. The molecule has 7 heteroatoms. The number of Topliss-reactive ketones (excluding diaryl/α,β-unsaturated/α-hetero) is 1. The molecule has 0 bridgehead atoms. The summed E-state index contributed by atoms with van der Waals surface area (Å²) in [4.78, 5) is 42.0. The Hall–Kier alpha value is -2.60. The molecule has 0 fully saturated rings. The number of halogens is 1. The van der Waals surface area contributed by atoms with E-state index in [1.54, 1.807) is 25.1 Å². The van der Waals surface area contributed by atoms with Crippen LogP contribution in [0.5, 0.6) is 0 Å². The monoisotopic (exact) mass is 457 g/mol. The maximum Gasteiger partial charge on any atom is 0.268 e. The summed E-state index contributed by atoms with van der Waals surface area (Å²) in [6.45, 7) is 9.76. The first-order valence-corrected chi connectivity index (χ1v) is 11.5. The van der Waals surface area contributed by atoms with E-state index in [2.05, 4.69) is 15.6 Å². The SMILES string of the molecule is CCCCC(NC(=O)c1[nH]c2c(c1C)C(=O)CC(C)(C)C2)C(=O)Nc1cccc(Cl)c1C. The minimum atomic E-state index is -0.701. The highest BCUT2D eigenvalue weighted by Gasteiger charge is 2.35. The maximum absolute atomic E-state index is 13.1. The molecule has 1 aliphatic carbocycles. The fourth-order valence-electron chi connectivity index (χ4n) is 4.33. The number of carbonyl (C=O) groups is 3. The van der Waals surface area contributed by atoms with Crippen LogP contribution in [-0.2, 0) is 11.2 Å². The van der Waals surface area contributed by atoms with E-state index in [0.717, 1.165) is 24.1 Å². The summed E-state index contributed by atoms with van der Waals surface area (Å²) in [6, 6.07) is 4.62. The summed E-state index contributed by atoms with van der Waals surface area (Å²) in [6.07, 6.45) is 3.37. The third-order valence-electron chi connectivity index (χ3n) is 6.12. The van der Waals surface area contributed by atoms with Crippen LogP contribution in [-0.4, -0.2) is 28.6 Å². The molecule has 1 aliphatic rings. The first-order valence-electron chi connectivity index (χ1n) is 11.2. The fourth-order valence-corrected chi connectivity index (χ4v) is 4.50. The van der Waals surface area contributed by atoms with Crippen LogP contribution in [0, 0.1) is 19.3 Å². The molecule has 32 heavy (non-hydrogen) atoms. The molecule has 2 amide bonds. The number of unbranched alkanes of at least 4 members (excludes halogenated alkanes) is 1. The van der Waals surface area contributed by atoms with Gasteiger partial charge in [0.25, 0.3) is 5.91 Å². The van der Waals surface area contributed by atoms with Crippen molar-refractivity contribution in [1.29, 1.82) is 0 Å². The van der Waals surface area contributed by atoms with Crippen molar-refractivity contribution >= 4 is 34.9 Å². The zero-order valence-corrected chi connectivity index (χ0v) is 20.2. The summed E-state index contributed by atoms with van der Waals surface area (Å²) in [5.74, 6) is -0.606. The van der Waals surface area contributed by atoms with E-state index in [1.807, 2.05) is 27.7 Å². The maximum atomic E-state index is 13.1. The van der Waals surface area contributed by atoms with Gasteiger partial charge in [0.05, 0.1) is 0 Å². The predicted molar refractivity (Wildman–Crippen MR) is 128 cm³/mol. The number of benzene rings is 1. The molecule has 3 N–H and O–H groups in total. The summed E-state index contributed by atoms with van der Waals surface area (Å²) in [5.41, 5.74) is 3.69. The molecular weight excluding hydrogens is 426 g/mol. The molecule has 0 saturated heterocycles. The van der Waals surface area contributed by atoms with E-state index in [1.165, 1.54) is 0 Å². The molecule has 172 valence electrons. The van der Waals surface area contributed by atoms with Crippen molar-refractivity contribution in [3.8, 4) is 0 Å². The number of ketones is 1. The number of anilines is 1. The summed E-state index contributed by atoms with van der Waals surface area (Å²) >= 11 is 6.17. The van der Waals surface area contributed by atoms with Crippen molar-refractivity contribution in [3.05, 3.63) is 51.3 Å². The van der Waals surface area contributed by atoms with E-state index < -0.39 is 6.04 Å². The number of aromatic nitrogens is 1. The average Bonchev–Trinajstić information content (AvgIpc) is 3.03. The molecule has 3 rings (SSSR count). The highest BCUT2D eigenvalue weighted by molar-refractivity contribution is 6.31. The molecular formula is C25H32ClN3O3. The molecule has 6 nitrogen and oxygen atoms in total. The fraction of sp³-hybridized carbons (Fsp3) is 0.480. The highest BCUT2D eigenvalue weighted by Crippen LogP contribution is 2.36. The molecule has 1 unspecified atom stereocenters. The first kappa shape index (κ1) is 24.1. The van der Waals surface area contributed by atoms with Gasteiger partial charge in [-0.1, -0.05) is 51.3 Å². The van der Waals surface area contributed by atoms with Crippen LogP contribution in [0.25, 0.3) is 0 Å². The second kappa shape index (κ2) is 9.49. The zero-order valence-electron chi connectivity index (χ0n) is 19.4. The predicted octanol–water partition coefficient (Wildman–Crippen LogP) is 5.37. The van der Waals surface area contributed by atoms with Crippen LogP contribution >= 0.6 is 11.6 Å². The number of hydrogen-bond acceptors (Lipinski definition) is 3. The Labute approximate surface area is 194 Å². The first-order chi connectivity index (χ1) is 15.0. The Morgan fingerprint density at radius 2 is 1.91 bits per heavy atom. The Morgan fingerprint density at radius 3 is 2.59 bits per heavy atom. The van der Waals surface area contributed by atoms with Gasteiger partial charge in [0.1, 0.15) is 11.7 Å². The van der Waals surface area contributed by atoms with Gasteiger partial charge in [-0.2, -0.15) is 0 Å². The largest absolute Gasteiger partial charge is 0.354 e. The Morgan fingerprint density at radius 1 is 1.19 bits per heavy atom. The topological polar surface area (TPSA) is 91.1 Å². The number of H-pyrrole nitrogens is 1. The lowest BCUT2D eigenvalue weighted by atomic mass is 9.75. The Balaban J connectivity index is 1.82. The third kappa shape index (κ3) is 5.07. The van der Waals surface area contributed by atoms with Crippen molar-refractivity contribution in [1.82, 2.24) is 10.3 Å². The third-order valence-corrected chi connectivity index (χ3v) is 6.53. The molecule has 1 aromatic carbocycles. The summed E-state index contributed by atoms with van der Waals surface area (Å²) in [7, 11) is 0. The minimum Gasteiger partial charge on any atom is -0.354 e. The van der Waals surface area contributed by atoms with E-state index >= 15 is 0 Å². The lowest BCUT2D eigenvalue weighted by Crippen LogP contribution is -2.44. The van der Waals surface area contributed by atoms with Crippen molar-refractivity contribution < 1.29 is 14.4 Å². The van der Waals surface area contributed by atoms with Crippen molar-refractivity contribution in [2.24, 2.45) is 5.41 Å². The number of aromatic amines is 1. The Bertz CT molecular complexity index is 1050. The van der Waals surface area contributed by atoms with Crippen molar-refractivity contribution in [2.45, 2.75) is 72.8 Å². The summed E-state index contributed by atoms with van der Waals surface area (Å²) < 4.78 is 0. The van der Waals surface area contributed by atoms with Crippen LogP contribution in [0.15, 0.2) is 18.2 Å². The van der Waals surface area contributed by atoms with Crippen LogP contribution in [0.4, 0.5) is 5.69 Å². The van der Waals surface area contributed by atoms with Crippen molar-refractivity contribution in [2.75, 3.05) is 5.32 Å². The van der Waals surface area contributed by atoms with Crippen molar-refractivity contribution in [3.63, 3.8) is 0 Å². The van der Waals surface area contributed by atoms with E-state index in [9.17, 15) is 14.4 Å². The van der Waals surface area contributed by atoms with Gasteiger partial charge in [0, 0.05) is 28.4 Å². The molecule has 0 saturated carbocycles. The van der Waals surface area contributed by atoms with E-state index in [-0.39, 0.29) is 23.0 Å². The van der Waals surface area contributed by atoms with Gasteiger partial charge in [-0.3, -0.25) is 14.4 Å². The molecule has 2 aromatic rings. The highest BCUT2D eigenvalue weighted by atomic mass is 35.5. The standard InChI is InChI=1S/C25H32ClN3O3/c1-6-7-10-18(23(31)28-17-11-8-9-16(26)14(17)2)29-24(32)22-15(3)21-19(27-22)12-25(4,5)13-20(21)30/h8-9,11,18,27H,6-7,10,12-13H2,1-5H3,(H,28,31)(H,29,32). The zero-order chi connectivity index (χ0) is 23.6. The van der Waals surface area contributed by atoms with E-state index in [4.69, 9.17) is 11.6 Å². The Kier molecular flexibility index (Phi) is 7.13. The van der Waals surface area contributed by atoms with Gasteiger partial charge in [-0.25, -0.2) is 0 Å². The van der Waals surface area contributed by atoms with E-state index in [0.29, 0.717) is 46.8 Å². The normalized spacial score (nSPS) is 15.8. The van der Waals surface area contributed by atoms with Crippen LogP contribution in [0.3, 0.4) is 0 Å². The lowest BCUT2D eigenvalue weighted by molar-refractivity contribution is -0.118. The lowest BCUT2D eigenvalue weighted by Gasteiger charge is -2.28. The molecule has 1 atom stereocenters. The van der Waals surface area contributed by atoms with Crippen LogP contribution in [0.2, 0.25) is 5.02 Å². The molecule has 0 radical (unpaired) electrons. The molecule has 1 heterocycles. The number of fused-ring (bicyclic) bond motifs is 1. The van der Waals surface area contributed by atoms with Gasteiger partial charge in [0.2, 0.25) is 5.91 Å². The van der Waals surface area contributed by atoms with Gasteiger partial charge < -0.3 is 15.6 Å². The van der Waals surface area contributed by atoms with Crippen LogP contribution < -0.4 is 10.6 Å². The second-order valence-electron chi connectivity index (χ2n) is 9.49. The smallest absolute Gasteiger partial charge is 0.268 e. The minimum absolute atomic E-state index is 0.0563. The van der Waals surface area contributed by atoms with Gasteiger partial charge in [0.15, 0.2) is 5.78 Å². The quantitative estimate of drug-likeness (QED) is 0.522.